The van der Waals surface area contributed by atoms with E-state index in [-0.39, 0.29) is 5.54 Å². The highest BCUT2D eigenvalue weighted by molar-refractivity contribution is 5.94. The van der Waals surface area contributed by atoms with Crippen LogP contribution in [0.2, 0.25) is 0 Å². The molecule has 3 N–H and O–H groups in total. The van der Waals surface area contributed by atoms with Gasteiger partial charge in [-0.3, -0.25) is 4.79 Å². The number of primary amides is 1. The number of carbonyl (C=O) groups is 2. The third kappa shape index (κ3) is 6.56. The van der Waals surface area contributed by atoms with Crippen LogP contribution >= 0.6 is 0 Å². The molecule has 6 rings (SSSR count). The molecule has 0 radical (unpaired) electrons. The normalized spacial score (nSPS) is 16.2. The number of piperidine rings is 1. The first-order chi connectivity index (χ1) is 21.9. The number of amides is 2. The number of fused-ring (bicyclic) bond motifs is 2. The lowest BCUT2D eigenvalue weighted by atomic mass is 9.90. The maximum atomic E-state index is 12.5. The number of nitrogens with two attached hydrogens (primary N) is 1. The van der Waals surface area contributed by atoms with Crippen LogP contribution in [0.1, 0.15) is 68.4 Å². The van der Waals surface area contributed by atoms with Crippen LogP contribution in [0.3, 0.4) is 0 Å². The Kier molecular flexibility index (Phi) is 8.22. The van der Waals surface area contributed by atoms with Gasteiger partial charge in [0.25, 0.3) is 0 Å². The van der Waals surface area contributed by atoms with Crippen LogP contribution in [0.25, 0.3) is 11.2 Å². The van der Waals surface area contributed by atoms with Gasteiger partial charge in [0.1, 0.15) is 17.2 Å². The number of rotatable bonds is 7. The summed E-state index contributed by atoms with van der Waals surface area (Å²) in [6, 6.07) is 13.5. The molecule has 2 aromatic carbocycles. The fourth-order valence-corrected chi connectivity index (χ4v) is 6.14. The predicted octanol–water partition coefficient (Wildman–Crippen LogP) is 4.95. The van der Waals surface area contributed by atoms with Crippen LogP contribution < -0.4 is 25.6 Å². The SMILES string of the molecule is COc1ccc(Cn2nc(N3CCCc4cc(C(N)=O)ccc43)c3ncc(N4CCC(C)(NC(=O)OC(C)(C)C)CC4)nc32)cc1. The van der Waals surface area contributed by atoms with Gasteiger partial charge in [-0.2, -0.15) is 5.10 Å². The molecular weight excluding hydrogens is 584 g/mol. The third-order valence-corrected chi connectivity index (χ3v) is 8.64. The van der Waals surface area contributed by atoms with Crippen molar-refractivity contribution in [2.45, 2.75) is 71.1 Å². The van der Waals surface area contributed by atoms with E-state index in [0.717, 1.165) is 66.4 Å². The van der Waals surface area contributed by atoms with Crippen molar-refractivity contribution in [2.75, 3.05) is 36.5 Å². The topological polar surface area (TPSA) is 141 Å². The van der Waals surface area contributed by atoms with Gasteiger partial charge in [0, 0.05) is 36.4 Å². The monoisotopic (exact) mass is 626 g/mol. The zero-order chi connectivity index (χ0) is 32.6. The van der Waals surface area contributed by atoms with E-state index in [0.29, 0.717) is 36.4 Å². The van der Waals surface area contributed by atoms with E-state index in [1.54, 1.807) is 13.2 Å². The fraction of sp³-hybridized carbons (Fsp3) is 0.441. The summed E-state index contributed by atoms with van der Waals surface area (Å²) in [5.41, 5.74) is 9.63. The first-order valence-electron chi connectivity index (χ1n) is 15.7. The number of nitrogens with zero attached hydrogens (tertiary/aromatic N) is 6. The van der Waals surface area contributed by atoms with Gasteiger partial charge in [-0.15, -0.1) is 0 Å². The van der Waals surface area contributed by atoms with E-state index in [4.69, 9.17) is 30.3 Å². The standard InChI is InChI=1S/C34H42N8O4/c1-33(2,3)46-32(44)38-34(4)14-17-40(18-15-34)27-20-36-28-30(37-27)42(21-22-8-11-25(45-5)12-9-22)39-31(28)41-16-6-7-23-19-24(29(35)43)10-13-26(23)41/h8-13,19-20H,6-7,14-18,21H2,1-5H3,(H2,35,43)(H,38,44). The highest BCUT2D eigenvalue weighted by atomic mass is 16.6. The first kappa shape index (κ1) is 31.1. The van der Waals surface area contributed by atoms with E-state index >= 15 is 0 Å². The quantitative estimate of drug-likeness (QED) is 0.292. The Hall–Kier alpha value is -4.87. The molecule has 4 heterocycles. The van der Waals surface area contributed by atoms with Crippen LogP contribution in [0, 0.1) is 0 Å². The number of anilines is 3. The van der Waals surface area contributed by atoms with Crippen molar-refractivity contribution < 1.29 is 19.1 Å². The van der Waals surface area contributed by atoms with E-state index in [1.165, 1.54) is 0 Å². The zero-order valence-corrected chi connectivity index (χ0v) is 27.2. The van der Waals surface area contributed by atoms with E-state index < -0.39 is 17.6 Å². The van der Waals surface area contributed by atoms with Gasteiger partial charge in [-0.25, -0.2) is 19.4 Å². The average Bonchev–Trinajstić information content (AvgIpc) is 3.37. The van der Waals surface area contributed by atoms with Crippen molar-refractivity contribution in [2.24, 2.45) is 5.73 Å². The van der Waals surface area contributed by atoms with Crippen LogP contribution in [0.15, 0.2) is 48.7 Å². The largest absolute Gasteiger partial charge is 0.497 e. The second-order valence-corrected chi connectivity index (χ2v) is 13.4. The molecule has 0 unspecified atom stereocenters. The lowest BCUT2D eigenvalue weighted by Gasteiger charge is -2.40. The van der Waals surface area contributed by atoms with Crippen molar-refractivity contribution in [1.29, 1.82) is 0 Å². The Morgan fingerprint density at radius 1 is 1.07 bits per heavy atom. The van der Waals surface area contributed by atoms with Crippen molar-refractivity contribution in [3.05, 3.63) is 65.4 Å². The van der Waals surface area contributed by atoms with Gasteiger partial charge >= 0.3 is 6.09 Å². The van der Waals surface area contributed by atoms with Crippen molar-refractivity contribution >= 4 is 40.5 Å². The van der Waals surface area contributed by atoms with E-state index in [1.807, 2.05) is 68.0 Å². The number of hydrogen-bond acceptors (Lipinski definition) is 9. The van der Waals surface area contributed by atoms with Gasteiger partial charge < -0.3 is 30.3 Å². The molecular formula is C34H42N8O4. The predicted molar refractivity (Wildman–Crippen MR) is 177 cm³/mol. The van der Waals surface area contributed by atoms with Crippen LogP contribution in [0.5, 0.6) is 5.75 Å². The van der Waals surface area contributed by atoms with Gasteiger partial charge in [0.05, 0.1) is 19.9 Å². The molecule has 1 saturated heterocycles. The summed E-state index contributed by atoms with van der Waals surface area (Å²) in [5, 5.41) is 8.17. The van der Waals surface area contributed by atoms with E-state index in [9.17, 15) is 9.59 Å². The van der Waals surface area contributed by atoms with Crippen LogP contribution in [-0.2, 0) is 17.7 Å². The maximum Gasteiger partial charge on any atom is 0.408 e. The summed E-state index contributed by atoms with van der Waals surface area (Å²) >= 11 is 0. The second-order valence-electron chi connectivity index (χ2n) is 13.4. The number of aromatic nitrogens is 4. The number of aryl methyl sites for hydroxylation is 1. The zero-order valence-electron chi connectivity index (χ0n) is 27.2. The van der Waals surface area contributed by atoms with Gasteiger partial charge in [-0.1, -0.05) is 12.1 Å². The molecule has 2 aliphatic heterocycles. The number of benzene rings is 2. The molecule has 12 nitrogen and oxygen atoms in total. The first-order valence-corrected chi connectivity index (χ1v) is 15.7. The Morgan fingerprint density at radius 2 is 1.80 bits per heavy atom. The molecule has 2 amide bonds. The molecule has 0 bridgehead atoms. The summed E-state index contributed by atoms with van der Waals surface area (Å²) in [4.78, 5) is 38.8. The number of nitrogens with one attached hydrogen (secondary N) is 1. The number of carbonyl (C=O) groups excluding carboxylic acids is 2. The average molecular weight is 627 g/mol. The molecule has 4 aromatic rings. The highest BCUT2D eigenvalue weighted by Gasteiger charge is 2.34. The Labute approximate surface area is 268 Å². The minimum Gasteiger partial charge on any atom is -0.497 e. The molecule has 0 saturated carbocycles. The molecule has 12 heteroatoms. The molecule has 0 aliphatic carbocycles. The Balaban J connectivity index is 1.31. The molecule has 0 spiro atoms. The highest BCUT2D eigenvalue weighted by Crippen LogP contribution is 2.37. The third-order valence-electron chi connectivity index (χ3n) is 8.64. The second kappa shape index (κ2) is 12.1. The smallest absolute Gasteiger partial charge is 0.408 e. The van der Waals surface area contributed by atoms with Gasteiger partial charge in [-0.05, 0) is 94.8 Å². The number of methoxy groups -OCH3 is 1. The lowest BCUT2D eigenvalue weighted by Crippen LogP contribution is -2.54. The fourth-order valence-electron chi connectivity index (χ4n) is 6.14. The molecule has 2 aromatic heterocycles. The summed E-state index contributed by atoms with van der Waals surface area (Å²) in [5.74, 6) is 1.84. The van der Waals surface area contributed by atoms with Gasteiger partial charge in [0.2, 0.25) is 5.91 Å². The molecule has 242 valence electrons. The van der Waals surface area contributed by atoms with Crippen molar-refractivity contribution in [3.63, 3.8) is 0 Å². The molecule has 46 heavy (non-hydrogen) atoms. The minimum absolute atomic E-state index is 0.379. The van der Waals surface area contributed by atoms with Gasteiger partial charge in [0.15, 0.2) is 17.0 Å². The summed E-state index contributed by atoms with van der Waals surface area (Å²) in [7, 11) is 1.65. The Morgan fingerprint density at radius 3 is 2.48 bits per heavy atom. The lowest BCUT2D eigenvalue weighted by molar-refractivity contribution is 0.0448. The summed E-state index contributed by atoms with van der Waals surface area (Å²) < 4.78 is 12.8. The Bertz CT molecular complexity index is 1750. The molecule has 0 atom stereocenters. The van der Waals surface area contributed by atoms with E-state index in [2.05, 4.69) is 22.0 Å². The van der Waals surface area contributed by atoms with Crippen LogP contribution in [0.4, 0.5) is 22.1 Å². The number of ether oxygens (including phenoxy) is 2. The van der Waals surface area contributed by atoms with Crippen LogP contribution in [-0.4, -0.2) is 69.6 Å². The van der Waals surface area contributed by atoms with Crippen molar-refractivity contribution in [3.8, 4) is 5.75 Å². The maximum absolute atomic E-state index is 12.5. The molecule has 1 fully saturated rings. The number of alkyl carbamates (subject to hydrolysis) is 1. The summed E-state index contributed by atoms with van der Waals surface area (Å²) in [6.07, 6.45) is 4.64. The summed E-state index contributed by atoms with van der Waals surface area (Å²) in [6.45, 7) is 10.3. The van der Waals surface area contributed by atoms with Crippen molar-refractivity contribution in [1.82, 2.24) is 25.1 Å². The number of hydrogen-bond donors (Lipinski definition) is 2. The minimum atomic E-state index is -0.553. The molecule has 2 aliphatic rings.